The number of nitrogens with zero attached hydrogens (tertiary/aromatic N) is 3. The molecule has 24 heavy (non-hydrogen) atoms. The molecule has 136 valence electrons. The molecule has 3 saturated heterocycles. The second kappa shape index (κ2) is 8.81. The monoisotopic (exact) mass is 336 g/mol. The summed E-state index contributed by atoms with van der Waals surface area (Å²) >= 11 is 0. The van der Waals surface area contributed by atoms with Gasteiger partial charge in [0.1, 0.15) is 0 Å². The Hall–Kier alpha value is -1.14. The topological polar surface area (TPSA) is 55.9 Å². The number of hydrogen-bond acceptors (Lipinski definition) is 4. The van der Waals surface area contributed by atoms with E-state index in [0.717, 1.165) is 19.0 Å². The molecule has 3 aliphatic heterocycles. The van der Waals surface area contributed by atoms with Gasteiger partial charge >= 0.3 is 0 Å². The highest BCUT2D eigenvalue weighted by Gasteiger charge is 2.26. The average Bonchev–Trinajstić information content (AvgIpc) is 2.85. The Morgan fingerprint density at radius 2 is 1.67 bits per heavy atom. The largest absolute Gasteiger partial charge is 0.353 e. The van der Waals surface area contributed by atoms with Gasteiger partial charge in [0.05, 0.1) is 13.1 Å². The molecule has 3 rings (SSSR count). The van der Waals surface area contributed by atoms with Gasteiger partial charge in [0, 0.05) is 19.6 Å². The molecule has 0 atom stereocenters. The molecule has 0 aromatic rings. The van der Waals surface area contributed by atoms with E-state index in [0.29, 0.717) is 19.6 Å². The maximum Gasteiger partial charge on any atom is 0.239 e. The number of piperazine rings is 1. The third-order valence-corrected chi connectivity index (χ3v) is 5.67. The molecule has 3 aliphatic rings. The van der Waals surface area contributed by atoms with E-state index in [1.807, 2.05) is 0 Å². The van der Waals surface area contributed by atoms with Crippen LogP contribution in [0.4, 0.5) is 0 Å². The molecule has 1 N–H and O–H groups in total. The van der Waals surface area contributed by atoms with Gasteiger partial charge in [-0.3, -0.25) is 14.5 Å². The van der Waals surface area contributed by atoms with Gasteiger partial charge in [0.25, 0.3) is 0 Å². The molecule has 6 nitrogen and oxygen atoms in total. The van der Waals surface area contributed by atoms with Crippen molar-refractivity contribution in [2.24, 2.45) is 5.92 Å². The van der Waals surface area contributed by atoms with Crippen LogP contribution in [0.3, 0.4) is 0 Å². The molecule has 0 spiro atoms. The number of carbonyl (C=O) groups is 2. The first-order valence-corrected chi connectivity index (χ1v) is 9.70. The molecule has 2 amide bonds. The van der Waals surface area contributed by atoms with Gasteiger partial charge in [-0.25, -0.2) is 0 Å². The molecule has 0 unspecified atom stereocenters. The minimum atomic E-state index is -0.0363. The molecule has 0 bridgehead atoms. The summed E-state index contributed by atoms with van der Waals surface area (Å²) in [5, 5.41) is 2.77. The van der Waals surface area contributed by atoms with E-state index in [1.54, 1.807) is 4.90 Å². The lowest BCUT2D eigenvalue weighted by molar-refractivity contribution is -0.139. The summed E-state index contributed by atoms with van der Waals surface area (Å²) in [5.41, 5.74) is 0. The Morgan fingerprint density at radius 1 is 0.958 bits per heavy atom. The van der Waals surface area contributed by atoms with Gasteiger partial charge in [-0.05, 0) is 57.8 Å². The van der Waals surface area contributed by atoms with Gasteiger partial charge in [0.15, 0.2) is 0 Å². The minimum Gasteiger partial charge on any atom is -0.353 e. The lowest BCUT2D eigenvalue weighted by Gasteiger charge is -2.35. The molecule has 0 aromatic carbocycles. The highest BCUT2D eigenvalue weighted by atomic mass is 16.2. The molecule has 0 radical (unpaired) electrons. The lowest BCUT2D eigenvalue weighted by Crippen LogP contribution is -2.53. The fourth-order valence-corrected chi connectivity index (χ4v) is 4.15. The first-order valence-electron chi connectivity index (χ1n) is 9.70. The van der Waals surface area contributed by atoms with Crippen LogP contribution in [0, 0.1) is 5.92 Å². The van der Waals surface area contributed by atoms with Crippen LogP contribution in [-0.4, -0.2) is 85.4 Å². The zero-order chi connectivity index (χ0) is 16.8. The average molecular weight is 336 g/mol. The van der Waals surface area contributed by atoms with Crippen LogP contribution in [0.1, 0.15) is 38.5 Å². The van der Waals surface area contributed by atoms with Crippen molar-refractivity contribution in [2.75, 3.05) is 58.9 Å². The van der Waals surface area contributed by atoms with Crippen molar-refractivity contribution < 1.29 is 9.59 Å². The van der Waals surface area contributed by atoms with E-state index in [4.69, 9.17) is 0 Å². The van der Waals surface area contributed by atoms with Crippen LogP contribution in [-0.2, 0) is 9.59 Å². The summed E-state index contributed by atoms with van der Waals surface area (Å²) in [6.07, 6.45) is 7.90. The smallest absolute Gasteiger partial charge is 0.239 e. The van der Waals surface area contributed by atoms with Gasteiger partial charge in [-0.15, -0.1) is 0 Å². The van der Waals surface area contributed by atoms with Gasteiger partial charge in [-0.1, -0.05) is 12.8 Å². The number of amides is 2. The quantitative estimate of drug-likeness (QED) is 0.814. The third kappa shape index (κ3) is 5.18. The number of likely N-dealkylation sites (tertiary alicyclic amines) is 2. The summed E-state index contributed by atoms with van der Waals surface area (Å²) < 4.78 is 0. The summed E-state index contributed by atoms with van der Waals surface area (Å²) in [7, 11) is 0. The van der Waals surface area contributed by atoms with Crippen molar-refractivity contribution in [2.45, 2.75) is 38.5 Å². The normalized spacial score (nSPS) is 25.3. The van der Waals surface area contributed by atoms with Crippen LogP contribution in [0.5, 0.6) is 0 Å². The second-order valence-corrected chi connectivity index (χ2v) is 7.60. The standard InChI is InChI=1S/C18H32N4O2/c23-17-14-22(12-7-19-17)18(24)15-21-10-5-16(6-11-21)13-20-8-3-1-2-4-9-20/h16H,1-15H2,(H,19,23). The van der Waals surface area contributed by atoms with E-state index in [2.05, 4.69) is 15.1 Å². The number of carbonyl (C=O) groups excluding carboxylic acids is 2. The van der Waals surface area contributed by atoms with Gasteiger partial charge in [0.2, 0.25) is 11.8 Å². The Kier molecular flexibility index (Phi) is 6.49. The number of rotatable bonds is 4. The van der Waals surface area contributed by atoms with E-state index in [1.165, 1.54) is 58.2 Å². The van der Waals surface area contributed by atoms with Gasteiger partial charge < -0.3 is 15.1 Å². The number of nitrogens with one attached hydrogen (secondary N) is 1. The van der Waals surface area contributed by atoms with Crippen molar-refractivity contribution in [1.29, 1.82) is 0 Å². The first kappa shape index (κ1) is 17.7. The van der Waals surface area contributed by atoms with E-state index in [-0.39, 0.29) is 18.4 Å². The van der Waals surface area contributed by atoms with Crippen LogP contribution >= 0.6 is 0 Å². The van der Waals surface area contributed by atoms with Crippen LogP contribution in [0.15, 0.2) is 0 Å². The maximum atomic E-state index is 12.3. The molecular formula is C18H32N4O2. The van der Waals surface area contributed by atoms with Crippen LogP contribution < -0.4 is 5.32 Å². The van der Waals surface area contributed by atoms with Crippen LogP contribution in [0.2, 0.25) is 0 Å². The zero-order valence-corrected chi connectivity index (χ0v) is 14.8. The van der Waals surface area contributed by atoms with Gasteiger partial charge in [-0.2, -0.15) is 0 Å². The van der Waals surface area contributed by atoms with Crippen LogP contribution in [0.25, 0.3) is 0 Å². The zero-order valence-electron chi connectivity index (χ0n) is 14.8. The highest BCUT2D eigenvalue weighted by molar-refractivity contribution is 5.86. The SMILES string of the molecule is O=C1CN(C(=O)CN2CCC(CN3CCCCCC3)CC2)CCN1. The Bertz CT molecular complexity index is 427. The molecule has 0 saturated carbocycles. The van der Waals surface area contributed by atoms with Crippen molar-refractivity contribution in [3.8, 4) is 0 Å². The maximum absolute atomic E-state index is 12.3. The lowest BCUT2D eigenvalue weighted by atomic mass is 9.96. The van der Waals surface area contributed by atoms with E-state index < -0.39 is 0 Å². The van der Waals surface area contributed by atoms with Crippen molar-refractivity contribution in [3.63, 3.8) is 0 Å². The highest BCUT2D eigenvalue weighted by Crippen LogP contribution is 2.20. The number of piperidine rings is 1. The fourth-order valence-electron chi connectivity index (χ4n) is 4.15. The number of hydrogen-bond donors (Lipinski definition) is 1. The van der Waals surface area contributed by atoms with Crippen molar-refractivity contribution >= 4 is 11.8 Å². The van der Waals surface area contributed by atoms with E-state index >= 15 is 0 Å². The Morgan fingerprint density at radius 3 is 2.33 bits per heavy atom. The molecule has 0 aromatic heterocycles. The van der Waals surface area contributed by atoms with E-state index in [9.17, 15) is 9.59 Å². The summed E-state index contributed by atoms with van der Waals surface area (Å²) in [4.78, 5) is 30.4. The molecular weight excluding hydrogens is 304 g/mol. The summed E-state index contributed by atoms with van der Waals surface area (Å²) in [6.45, 7) is 7.76. The predicted octanol–water partition coefficient (Wildman–Crippen LogP) is 0.533. The predicted molar refractivity (Wildman–Crippen MR) is 93.7 cm³/mol. The van der Waals surface area contributed by atoms with Crippen molar-refractivity contribution in [1.82, 2.24) is 20.0 Å². The first-order chi connectivity index (χ1) is 11.7. The molecule has 0 aliphatic carbocycles. The Labute approximate surface area is 145 Å². The van der Waals surface area contributed by atoms with Crippen molar-refractivity contribution in [3.05, 3.63) is 0 Å². The second-order valence-electron chi connectivity index (χ2n) is 7.60. The molecule has 6 heteroatoms. The molecule has 3 fully saturated rings. The minimum absolute atomic E-state index is 0.0363. The summed E-state index contributed by atoms with van der Waals surface area (Å²) in [6, 6.07) is 0. The Balaban J connectivity index is 1.37. The summed E-state index contributed by atoms with van der Waals surface area (Å²) in [5.74, 6) is 0.858. The third-order valence-electron chi connectivity index (χ3n) is 5.67. The molecule has 3 heterocycles. The fraction of sp³-hybridized carbons (Fsp3) is 0.889.